The Morgan fingerprint density at radius 3 is 3.15 bits per heavy atom. The predicted octanol–water partition coefficient (Wildman–Crippen LogP) is 0.965. The minimum atomic E-state index is -0.0503. The minimum absolute atomic E-state index is 0.0503. The summed E-state index contributed by atoms with van der Waals surface area (Å²) in [5.74, 6) is 0.0700. The fourth-order valence-electron chi connectivity index (χ4n) is 2.02. The lowest BCUT2D eigenvalue weighted by Gasteiger charge is -2.10. The molecule has 2 amide bonds. The molecule has 110 valence electrons. The van der Waals surface area contributed by atoms with Gasteiger partial charge in [-0.1, -0.05) is 0 Å². The molecule has 0 spiro atoms. The van der Waals surface area contributed by atoms with E-state index in [0.717, 1.165) is 19.4 Å². The number of carbonyl (C=O) groups is 2. The molecule has 6 nitrogen and oxygen atoms in total. The molecule has 0 aromatic carbocycles. The van der Waals surface area contributed by atoms with Crippen LogP contribution in [0.2, 0.25) is 0 Å². The summed E-state index contributed by atoms with van der Waals surface area (Å²) in [5.41, 5.74) is 0.717. The number of ether oxygens (including phenoxy) is 1. The Hall–Kier alpha value is -1.47. The average molecular weight is 297 g/mol. The second-order valence-electron chi connectivity index (χ2n) is 4.64. The molecular formula is C13H19N3O3S. The van der Waals surface area contributed by atoms with E-state index in [4.69, 9.17) is 4.74 Å². The molecule has 0 unspecified atom stereocenters. The van der Waals surface area contributed by atoms with Gasteiger partial charge in [-0.25, -0.2) is 4.98 Å². The van der Waals surface area contributed by atoms with Crippen LogP contribution < -0.4 is 10.2 Å². The van der Waals surface area contributed by atoms with Crippen LogP contribution in [0.25, 0.3) is 0 Å². The van der Waals surface area contributed by atoms with Gasteiger partial charge in [-0.2, -0.15) is 0 Å². The Kier molecular flexibility index (Phi) is 5.49. The maximum absolute atomic E-state index is 11.7. The molecule has 1 aliphatic rings. The van der Waals surface area contributed by atoms with Gasteiger partial charge in [0.2, 0.25) is 11.8 Å². The van der Waals surface area contributed by atoms with Crippen molar-refractivity contribution in [3.05, 3.63) is 11.1 Å². The normalized spacial score (nSPS) is 14.8. The molecule has 0 atom stereocenters. The summed E-state index contributed by atoms with van der Waals surface area (Å²) in [7, 11) is 1.64. The third kappa shape index (κ3) is 4.01. The second-order valence-corrected chi connectivity index (χ2v) is 5.48. The SMILES string of the molecule is COCCCNC(=O)Cc1csc(N2CCCC2=O)n1. The Bertz CT molecular complexity index is 475. The lowest BCUT2D eigenvalue weighted by Crippen LogP contribution is -2.27. The zero-order chi connectivity index (χ0) is 14.4. The van der Waals surface area contributed by atoms with E-state index >= 15 is 0 Å². The number of anilines is 1. The summed E-state index contributed by atoms with van der Waals surface area (Å²) in [5, 5.41) is 5.37. The molecule has 0 saturated carbocycles. The second kappa shape index (κ2) is 7.35. The zero-order valence-electron chi connectivity index (χ0n) is 11.6. The standard InChI is InChI=1S/C13H19N3O3S/c1-19-7-3-5-14-11(17)8-10-9-20-13(15-10)16-6-2-4-12(16)18/h9H,2-8H2,1H3,(H,14,17). The van der Waals surface area contributed by atoms with Gasteiger partial charge in [-0.15, -0.1) is 11.3 Å². The smallest absolute Gasteiger partial charge is 0.228 e. The number of aromatic nitrogens is 1. The summed E-state index contributed by atoms with van der Waals surface area (Å²) in [4.78, 5) is 29.4. The number of carbonyl (C=O) groups excluding carboxylic acids is 2. The number of hydrogen-bond donors (Lipinski definition) is 1. The van der Waals surface area contributed by atoms with Crippen LogP contribution in [0.3, 0.4) is 0 Å². The zero-order valence-corrected chi connectivity index (χ0v) is 12.4. The quantitative estimate of drug-likeness (QED) is 0.761. The Morgan fingerprint density at radius 2 is 2.45 bits per heavy atom. The van der Waals surface area contributed by atoms with E-state index in [0.29, 0.717) is 30.4 Å². The van der Waals surface area contributed by atoms with Crippen LogP contribution in [0.5, 0.6) is 0 Å². The highest BCUT2D eigenvalue weighted by Gasteiger charge is 2.24. The summed E-state index contributed by atoms with van der Waals surface area (Å²) in [6.07, 6.45) is 2.53. The highest BCUT2D eigenvalue weighted by Crippen LogP contribution is 2.25. The van der Waals surface area contributed by atoms with Crippen LogP contribution >= 0.6 is 11.3 Å². The number of nitrogens with one attached hydrogen (secondary N) is 1. The predicted molar refractivity (Wildman–Crippen MR) is 76.9 cm³/mol. The van der Waals surface area contributed by atoms with E-state index in [2.05, 4.69) is 10.3 Å². The van der Waals surface area contributed by atoms with Gasteiger partial charge in [0, 0.05) is 38.6 Å². The molecule has 1 fully saturated rings. The fourth-order valence-corrected chi connectivity index (χ4v) is 2.89. The molecule has 0 aliphatic carbocycles. The molecule has 2 heterocycles. The van der Waals surface area contributed by atoms with E-state index < -0.39 is 0 Å². The minimum Gasteiger partial charge on any atom is -0.385 e. The lowest BCUT2D eigenvalue weighted by atomic mass is 10.3. The summed E-state index contributed by atoms with van der Waals surface area (Å²) in [6, 6.07) is 0. The first-order chi connectivity index (χ1) is 9.70. The molecule has 20 heavy (non-hydrogen) atoms. The van der Waals surface area contributed by atoms with Crippen LogP contribution in [0, 0.1) is 0 Å². The third-order valence-electron chi connectivity index (χ3n) is 3.03. The maximum atomic E-state index is 11.7. The van der Waals surface area contributed by atoms with E-state index in [1.165, 1.54) is 11.3 Å². The van der Waals surface area contributed by atoms with Crippen molar-refractivity contribution in [2.24, 2.45) is 0 Å². The number of amides is 2. The first-order valence-corrected chi connectivity index (χ1v) is 7.59. The molecule has 1 aliphatic heterocycles. The van der Waals surface area contributed by atoms with Gasteiger partial charge in [0.05, 0.1) is 12.1 Å². The number of hydrogen-bond acceptors (Lipinski definition) is 5. The van der Waals surface area contributed by atoms with Gasteiger partial charge in [0.1, 0.15) is 0 Å². The number of nitrogens with zero attached hydrogens (tertiary/aromatic N) is 2. The van der Waals surface area contributed by atoms with Gasteiger partial charge in [-0.05, 0) is 12.8 Å². The van der Waals surface area contributed by atoms with Crippen molar-refractivity contribution in [1.29, 1.82) is 0 Å². The van der Waals surface area contributed by atoms with Gasteiger partial charge in [-0.3, -0.25) is 14.5 Å². The lowest BCUT2D eigenvalue weighted by molar-refractivity contribution is -0.120. The topological polar surface area (TPSA) is 71.5 Å². The Morgan fingerprint density at radius 1 is 1.60 bits per heavy atom. The maximum Gasteiger partial charge on any atom is 0.228 e. The monoisotopic (exact) mass is 297 g/mol. The molecule has 7 heteroatoms. The summed E-state index contributed by atoms with van der Waals surface area (Å²) >= 11 is 1.42. The molecular weight excluding hydrogens is 278 g/mol. The van der Waals surface area contributed by atoms with Crippen molar-refractivity contribution in [2.45, 2.75) is 25.7 Å². The van der Waals surface area contributed by atoms with Crippen molar-refractivity contribution >= 4 is 28.3 Å². The van der Waals surface area contributed by atoms with Crippen LogP contribution in [-0.4, -0.2) is 43.6 Å². The summed E-state index contributed by atoms with van der Waals surface area (Å²) < 4.78 is 4.91. The summed E-state index contributed by atoms with van der Waals surface area (Å²) in [6.45, 7) is 1.97. The van der Waals surface area contributed by atoms with Crippen molar-refractivity contribution in [3.8, 4) is 0 Å². The number of methoxy groups -OCH3 is 1. The largest absolute Gasteiger partial charge is 0.385 e. The van der Waals surface area contributed by atoms with Crippen molar-refractivity contribution in [2.75, 3.05) is 31.7 Å². The highest BCUT2D eigenvalue weighted by molar-refractivity contribution is 7.14. The van der Waals surface area contributed by atoms with E-state index in [-0.39, 0.29) is 18.2 Å². The fraction of sp³-hybridized carbons (Fsp3) is 0.615. The number of rotatable bonds is 7. The Balaban J connectivity index is 1.80. The van der Waals surface area contributed by atoms with Crippen LogP contribution in [0.1, 0.15) is 25.0 Å². The van der Waals surface area contributed by atoms with Gasteiger partial charge in [0.25, 0.3) is 0 Å². The molecule has 1 N–H and O–H groups in total. The van der Waals surface area contributed by atoms with Crippen molar-refractivity contribution in [3.63, 3.8) is 0 Å². The number of thiazole rings is 1. The van der Waals surface area contributed by atoms with Gasteiger partial charge in [0.15, 0.2) is 5.13 Å². The molecule has 1 aromatic heterocycles. The molecule has 0 bridgehead atoms. The van der Waals surface area contributed by atoms with Gasteiger partial charge < -0.3 is 10.1 Å². The van der Waals surface area contributed by atoms with Crippen LogP contribution in [0.15, 0.2) is 5.38 Å². The first kappa shape index (κ1) is 14.9. The molecule has 0 radical (unpaired) electrons. The Labute approximate surface area is 122 Å². The van der Waals surface area contributed by atoms with Crippen LogP contribution in [0.4, 0.5) is 5.13 Å². The third-order valence-corrected chi connectivity index (χ3v) is 3.95. The van der Waals surface area contributed by atoms with E-state index in [9.17, 15) is 9.59 Å². The van der Waals surface area contributed by atoms with Crippen molar-refractivity contribution < 1.29 is 14.3 Å². The molecule has 1 saturated heterocycles. The highest BCUT2D eigenvalue weighted by atomic mass is 32.1. The van der Waals surface area contributed by atoms with Crippen LogP contribution in [-0.2, 0) is 20.7 Å². The molecule has 1 aromatic rings. The van der Waals surface area contributed by atoms with Gasteiger partial charge >= 0.3 is 0 Å². The van der Waals surface area contributed by atoms with E-state index in [1.807, 2.05) is 5.38 Å². The first-order valence-electron chi connectivity index (χ1n) is 6.71. The molecule has 2 rings (SSSR count). The average Bonchev–Trinajstić information content (AvgIpc) is 3.03. The van der Waals surface area contributed by atoms with Crippen molar-refractivity contribution in [1.82, 2.24) is 10.3 Å². The van der Waals surface area contributed by atoms with E-state index in [1.54, 1.807) is 12.0 Å².